The van der Waals surface area contributed by atoms with Gasteiger partial charge in [0.2, 0.25) is 0 Å². The molecule has 0 bridgehead atoms. The number of rotatable bonds is 43. The highest BCUT2D eigenvalue weighted by molar-refractivity contribution is 5.69. The Bertz CT molecular complexity index is 1250. The zero-order valence-corrected chi connectivity index (χ0v) is 40.5. The lowest BCUT2D eigenvalue weighted by atomic mass is 9.99. The van der Waals surface area contributed by atoms with Gasteiger partial charge in [-0.05, 0) is 83.5 Å². The van der Waals surface area contributed by atoms with Crippen molar-refractivity contribution in [3.8, 4) is 0 Å². The number of hydrogen-bond donors (Lipinski definition) is 4. The third-order valence-electron chi connectivity index (χ3n) is 11.3. The molecule has 0 aliphatic carbocycles. The van der Waals surface area contributed by atoms with Crippen LogP contribution >= 0.6 is 0 Å². The largest absolute Gasteiger partial charge is 0.457 e. The summed E-state index contributed by atoms with van der Waals surface area (Å²) >= 11 is 0. The van der Waals surface area contributed by atoms with Crippen molar-refractivity contribution < 1.29 is 44.2 Å². The Hall–Kier alpha value is -2.63. The lowest BCUT2D eigenvalue weighted by Gasteiger charge is -2.39. The third-order valence-corrected chi connectivity index (χ3v) is 11.3. The fourth-order valence-electron chi connectivity index (χ4n) is 7.32. The number of allylic oxidation sites excluding steroid dienone is 14. The van der Waals surface area contributed by atoms with Crippen LogP contribution in [-0.2, 0) is 23.7 Å². The van der Waals surface area contributed by atoms with E-state index in [1.54, 1.807) is 0 Å². The van der Waals surface area contributed by atoms with Gasteiger partial charge in [0.25, 0.3) is 0 Å². The zero-order valence-electron chi connectivity index (χ0n) is 40.5. The first-order valence-electron chi connectivity index (χ1n) is 25.7. The minimum atomic E-state index is -1.55. The summed E-state index contributed by atoms with van der Waals surface area (Å²) in [4.78, 5) is 12.8. The van der Waals surface area contributed by atoms with E-state index in [0.717, 1.165) is 57.8 Å². The standard InChI is InChI=1S/C55H94O9/c1-3-5-7-9-11-13-15-17-19-21-22-23-24-25-26-27-29-31-33-35-37-39-41-43-45-61-47-49(48-62-55-54(60)53(59)52(58)50(46-56)64-55)63-51(57)44-42-40-38-36-34-32-30-28-20-18-16-14-12-10-8-6-4-2/h6,8,12,14-15,17-18,20-22,30,32,36,38,49-50,52-56,58-60H,3-5,7,9-11,13,16,19,23-29,31,33-35,37,39-48H2,1-2H3/b8-6-,14-12-,17-15-,20-18-,22-21-,32-30-,38-36-. The Kier molecular flexibility index (Phi) is 42.2. The molecule has 0 aromatic heterocycles. The van der Waals surface area contributed by atoms with Crippen molar-refractivity contribution in [2.24, 2.45) is 0 Å². The summed E-state index contributed by atoms with van der Waals surface area (Å²) in [5.74, 6) is -0.372. The predicted octanol–water partition coefficient (Wildman–Crippen LogP) is 12.6. The molecule has 1 saturated heterocycles. The molecule has 9 heteroatoms. The van der Waals surface area contributed by atoms with E-state index in [2.05, 4.69) is 98.9 Å². The molecule has 0 aromatic rings. The summed E-state index contributed by atoms with van der Waals surface area (Å²) < 4.78 is 22.8. The predicted molar refractivity (Wildman–Crippen MR) is 265 cm³/mol. The van der Waals surface area contributed by atoms with E-state index in [1.165, 1.54) is 109 Å². The van der Waals surface area contributed by atoms with Crippen LogP contribution in [0.25, 0.3) is 0 Å². The van der Waals surface area contributed by atoms with Crippen molar-refractivity contribution in [2.75, 3.05) is 26.4 Å². The van der Waals surface area contributed by atoms with Crippen molar-refractivity contribution in [2.45, 2.75) is 230 Å². The van der Waals surface area contributed by atoms with Crippen LogP contribution < -0.4 is 0 Å². The maximum atomic E-state index is 12.8. The number of hydrogen-bond acceptors (Lipinski definition) is 9. The number of unbranched alkanes of at least 4 members (excludes halogenated alkanes) is 18. The molecule has 1 aliphatic rings. The van der Waals surface area contributed by atoms with Crippen LogP contribution in [0.4, 0.5) is 0 Å². The van der Waals surface area contributed by atoms with Crippen LogP contribution in [0.3, 0.4) is 0 Å². The fourth-order valence-corrected chi connectivity index (χ4v) is 7.32. The van der Waals surface area contributed by atoms with Crippen molar-refractivity contribution in [1.29, 1.82) is 0 Å². The van der Waals surface area contributed by atoms with Crippen LogP contribution in [0, 0.1) is 0 Å². The van der Waals surface area contributed by atoms with E-state index in [0.29, 0.717) is 13.0 Å². The maximum Gasteiger partial charge on any atom is 0.306 e. The Balaban J connectivity index is 2.23. The van der Waals surface area contributed by atoms with Gasteiger partial charge in [-0.1, -0.05) is 189 Å². The van der Waals surface area contributed by atoms with Crippen LogP contribution in [0.5, 0.6) is 0 Å². The van der Waals surface area contributed by atoms with Crippen molar-refractivity contribution in [1.82, 2.24) is 0 Å². The SMILES string of the molecule is CC/C=C\C/C=C\C/C=C\C/C=C\C/C=C\CCCC(=O)OC(COCCCCCCCCCCCCCC/C=C\C/C=C\CCCCCCC)COC1OC(CO)C(O)C(O)C1O. The molecule has 64 heavy (non-hydrogen) atoms. The number of carbonyl (C=O) groups excluding carboxylic acids is 1. The number of ether oxygens (including phenoxy) is 4. The minimum Gasteiger partial charge on any atom is -0.457 e. The van der Waals surface area contributed by atoms with Crippen LogP contribution in [-0.4, -0.2) is 89.6 Å². The molecule has 0 amide bonds. The lowest BCUT2D eigenvalue weighted by Crippen LogP contribution is -2.59. The van der Waals surface area contributed by atoms with Gasteiger partial charge in [-0.25, -0.2) is 0 Å². The fraction of sp³-hybridized carbons (Fsp3) is 0.727. The molecule has 1 aliphatic heterocycles. The molecule has 368 valence electrons. The molecule has 1 heterocycles. The first kappa shape index (κ1) is 59.4. The normalized spacial score (nSPS) is 20.2. The van der Waals surface area contributed by atoms with Gasteiger partial charge in [-0.3, -0.25) is 4.79 Å². The molecular weight excluding hydrogens is 805 g/mol. The van der Waals surface area contributed by atoms with Gasteiger partial charge in [0.15, 0.2) is 6.29 Å². The third kappa shape index (κ3) is 35.6. The summed E-state index contributed by atoms with van der Waals surface area (Å²) in [6.45, 7) is 4.36. The van der Waals surface area contributed by atoms with Gasteiger partial charge in [0.1, 0.15) is 30.5 Å². The monoisotopic (exact) mass is 899 g/mol. The molecule has 1 rings (SSSR count). The molecule has 0 spiro atoms. The molecular formula is C55H94O9. The topological polar surface area (TPSA) is 135 Å². The minimum absolute atomic E-state index is 0.117. The van der Waals surface area contributed by atoms with E-state index in [9.17, 15) is 25.2 Å². The highest BCUT2D eigenvalue weighted by Gasteiger charge is 2.44. The van der Waals surface area contributed by atoms with E-state index in [1.807, 2.05) is 0 Å². The zero-order chi connectivity index (χ0) is 46.4. The van der Waals surface area contributed by atoms with Gasteiger partial charge in [0.05, 0.1) is 19.8 Å². The van der Waals surface area contributed by atoms with Gasteiger partial charge < -0.3 is 39.4 Å². The number of esters is 1. The summed E-state index contributed by atoms with van der Waals surface area (Å²) in [7, 11) is 0. The lowest BCUT2D eigenvalue weighted by molar-refractivity contribution is -0.305. The Morgan fingerprint density at radius 1 is 0.516 bits per heavy atom. The average molecular weight is 899 g/mol. The smallest absolute Gasteiger partial charge is 0.306 e. The van der Waals surface area contributed by atoms with E-state index in [4.69, 9.17) is 18.9 Å². The summed E-state index contributed by atoms with van der Waals surface area (Å²) in [5.41, 5.74) is 0. The first-order valence-corrected chi connectivity index (χ1v) is 25.7. The number of carbonyl (C=O) groups is 1. The second-order valence-electron chi connectivity index (χ2n) is 17.2. The van der Waals surface area contributed by atoms with Crippen LogP contribution in [0.2, 0.25) is 0 Å². The maximum absolute atomic E-state index is 12.8. The molecule has 6 unspecified atom stereocenters. The van der Waals surface area contributed by atoms with E-state index < -0.39 is 43.4 Å². The van der Waals surface area contributed by atoms with Crippen molar-refractivity contribution in [3.05, 3.63) is 85.1 Å². The molecule has 4 N–H and O–H groups in total. The Morgan fingerprint density at radius 3 is 1.44 bits per heavy atom. The Labute approximate surface area is 390 Å². The van der Waals surface area contributed by atoms with E-state index >= 15 is 0 Å². The first-order chi connectivity index (χ1) is 31.4. The Morgan fingerprint density at radius 2 is 0.953 bits per heavy atom. The summed E-state index contributed by atoms with van der Waals surface area (Å²) in [6, 6.07) is 0. The second-order valence-corrected chi connectivity index (χ2v) is 17.2. The van der Waals surface area contributed by atoms with Crippen LogP contribution in [0.1, 0.15) is 194 Å². The number of aliphatic hydroxyl groups is 4. The highest BCUT2D eigenvalue weighted by atomic mass is 16.7. The molecule has 0 aromatic carbocycles. The van der Waals surface area contributed by atoms with Gasteiger partial charge in [-0.15, -0.1) is 0 Å². The van der Waals surface area contributed by atoms with Gasteiger partial charge in [-0.2, -0.15) is 0 Å². The summed E-state index contributed by atoms with van der Waals surface area (Å²) in [5, 5.41) is 40.2. The van der Waals surface area contributed by atoms with Crippen molar-refractivity contribution in [3.63, 3.8) is 0 Å². The van der Waals surface area contributed by atoms with E-state index in [-0.39, 0.29) is 25.6 Å². The molecule has 9 nitrogen and oxygen atoms in total. The quantitative estimate of drug-likeness (QED) is 0.0268. The second kappa shape index (κ2) is 45.5. The highest BCUT2D eigenvalue weighted by Crippen LogP contribution is 2.22. The van der Waals surface area contributed by atoms with Gasteiger partial charge in [0, 0.05) is 13.0 Å². The van der Waals surface area contributed by atoms with Crippen molar-refractivity contribution >= 4 is 5.97 Å². The molecule has 0 saturated carbocycles. The molecule has 6 atom stereocenters. The average Bonchev–Trinajstić information content (AvgIpc) is 3.30. The van der Waals surface area contributed by atoms with Crippen LogP contribution in [0.15, 0.2) is 85.1 Å². The number of aliphatic hydroxyl groups excluding tert-OH is 4. The molecule has 0 radical (unpaired) electrons. The van der Waals surface area contributed by atoms with Gasteiger partial charge >= 0.3 is 5.97 Å². The summed E-state index contributed by atoms with van der Waals surface area (Å²) in [6.07, 6.45) is 54.8. The molecule has 1 fully saturated rings.